The Labute approximate surface area is 232 Å². The van der Waals surface area contributed by atoms with Crippen LogP contribution in [0.1, 0.15) is 22.5 Å². The number of carbonyl (C=O) groups is 1. The van der Waals surface area contributed by atoms with Crippen LogP contribution in [0.25, 0.3) is 11.3 Å². The number of rotatable bonds is 9. The van der Waals surface area contributed by atoms with Gasteiger partial charge in [0, 0.05) is 44.4 Å². The summed E-state index contributed by atoms with van der Waals surface area (Å²) in [6, 6.07) is 8.61. The molecule has 0 radical (unpaired) electrons. The number of nitrogens with one attached hydrogen (secondary N) is 1. The maximum Gasteiger partial charge on any atom is 0.422 e. The molecule has 1 amide bonds. The Balaban J connectivity index is 1.28. The lowest BCUT2D eigenvalue weighted by molar-refractivity contribution is -0.153. The van der Waals surface area contributed by atoms with Gasteiger partial charge in [0.05, 0.1) is 15.7 Å². The normalized spacial score (nSPS) is 14.5. The summed E-state index contributed by atoms with van der Waals surface area (Å²) in [6.07, 6.45) is -3.86. The molecule has 1 aromatic heterocycles. The molecule has 210 valence electrons. The first-order chi connectivity index (χ1) is 18.5. The van der Waals surface area contributed by atoms with Crippen molar-refractivity contribution in [2.24, 2.45) is 0 Å². The molecular weight excluding hydrogens is 563 g/mol. The number of nitrogens with zero attached hydrogens (tertiary/aromatic N) is 3. The van der Waals surface area contributed by atoms with Gasteiger partial charge in [0.15, 0.2) is 6.61 Å². The monoisotopic (exact) mass is 588 g/mol. The Morgan fingerprint density at radius 1 is 1.13 bits per heavy atom. The number of alkyl halides is 3. The molecule has 1 fully saturated rings. The summed E-state index contributed by atoms with van der Waals surface area (Å²) < 4.78 is 61.6. The van der Waals surface area contributed by atoms with E-state index in [1.807, 2.05) is 4.90 Å². The molecular formula is C26H26Cl2F4N4O3. The molecule has 0 saturated carbocycles. The second-order valence-corrected chi connectivity index (χ2v) is 9.83. The van der Waals surface area contributed by atoms with Crippen LogP contribution in [-0.2, 0) is 0 Å². The van der Waals surface area contributed by atoms with Crippen LogP contribution in [0.3, 0.4) is 0 Å². The fourth-order valence-electron chi connectivity index (χ4n) is 4.36. The molecule has 1 N–H and O–H groups in total. The van der Waals surface area contributed by atoms with Crippen molar-refractivity contribution >= 4 is 34.8 Å². The van der Waals surface area contributed by atoms with Gasteiger partial charge in [0.25, 0.3) is 5.91 Å². The zero-order valence-electron chi connectivity index (χ0n) is 21.0. The highest BCUT2D eigenvalue weighted by molar-refractivity contribution is 6.39. The smallest absolute Gasteiger partial charge is 0.422 e. The first-order valence-corrected chi connectivity index (χ1v) is 12.9. The molecule has 4 rings (SSSR count). The zero-order chi connectivity index (χ0) is 28.2. The van der Waals surface area contributed by atoms with E-state index in [2.05, 4.69) is 15.4 Å². The van der Waals surface area contributed by atoms with Crippen LogP contribution in [0.2, 0.25) is 10.0 Å². The van der Waals surface area contributed by atoms with E-state index < -0.39 is 18.6 Å². The number of benzene rings is 2. The lowest BCUT2D eigenvalue weighted by atomic mass is 10.1. The predicted octanol–water partition coefficient (Wildman–Crippen LogP) is 5.98. The van der Waals surface area contributed by atoms with Gasteiger partial charge in [-0.1, -0.05) is 34.4 Å². The molecule has 0 unspecified atom stereocenters. The molecule has 1 aliphatic rings. The largest absolute Gasteiger partial charge is 0.482 e. The Hall–Kier alpha value is -3.02. The minimum atomic E-state index is -4.52. The third-order valence-corrected chi connectivity index (χ3v) is 6.88. The molecule has 13 heteroatoms. The van der Waals surface area contributed by atoms with Crippen LogP contribution >= 0.6 is 23.2 Å². The predicted molar refractivity (Wildman–Crippen MR) is 140 cm³/mol. The summed E-state index contributed by atoms with van der Waals surface area (Å²) in [5, 5.41) is 7.58. The maximum absolute atomic E-state index is 13.6. The van der Waals surface area contributed by atoms with Gasteiger partial charge < -0.3 is 19.5 Å². The summed E-state index contributed by atoms with van der Waals surface area (Å²) in [7, 11) is 0. The van der Waals surface area contributed by atoms with E-state index in [0.717, 1.165) is 6.07 Å². The number of anilines is 1. The van der Waals surface area contributed by atoms with Crippen molar-refractivity contribution in [2.45, 2.75) is 19.5 Å². The van der Waals surface area contributed by atoms with Gasteiger partial charge in [0.2, 0.25) is 0 Å². The minimum Gasteiger partial charge on any atom is -0.482 e. The summed E-state index contributed by atoms with van der Waals surface area (Å²) >= 11 is 12.6. The third-order valence-electron chi connectivity index (χ3n) is 6.25. The summed E-state index contributed by atoms with van der Waals surface area (Å²) in [6.45, 7) is 3.58. The van der Waals surface area contributed by atoms with Gasteiger partial charge in [-0.25, -0.2) is 4.39 Å². The standard InChI is InChI=1S/C26H26Cl2F4N4O3/c1-16-22(24(34-39-16)23-18(27)4-2-5-19(23)28)25(37)33-8-3-9-35-10-12-36(13-11-35)20-7-6-17(29)14-21(20)38-15-26(30,31)32/h2,4-7,14H,3,8-13,15H2,1H3,(H,33,37). The van der Waals surface area contributed by atoms with Crippen molar-refractivity contribution < 1.29 is 31.6 Å². The molecule has 0 bridgehead atoms. The SMILES string of the molecule is Cc1onc(-c2c(Cl)cccc2Cl)c1C(=O)NCCCN1CCN(c2ccc(F)cc2OCC(F)(F)F)CC1. The number of aryl methyl sites for hydroxylation is 1. The number of hydrogen-bond acceptors (Lipinski definition) is 6. The average Bonchev–Trinajstić information content (AvgIpc) is 3.26. The molecule has 1 saturated heterocycles. The molecule has 39 heavy (non-hydrogen) atoms. The number of halogens is 6. The Kier molecular flexibility index (Phi) is 9.24. The fourth-order valence-corrected chi connectivity index (χ4v) is 4.94. The Bertz CT molecular complexity index is 1290. The number of amides is 1. The molecule has 0 atom stereocenters. The minimum absolute atomic E-state index is 0.134. The molecule has 2 aromatic carbocycles. The molecule has 2 heterocycles. The van der Waals surface area contributed by atoms with Crippen LogP contribution in [0.4, 0.5) is 23.2 Å². The van der Waals surface area contributed by atoms with Gasteiger partial charge in [-0.2, -0.15) is 13.2 Å². The van der Waals surface area contributed by atoms with Crippen LogP contribution in [0.15, 0.2) is 40.9 Å². The second-order valence-electron chi connectivity index (χ2n) is 9.01. The van der Waals surface area contributed by atoms with E-state index in [0.29, 0.717) is 72.7 Å². The zero-order valence-corrected chi connectivity index (χ0v) is 22.5. The molecule has 1 aliphatic heterocycles. The van der Waals surface area contributed by atoms with Gasteiger partial charge in [0.1, 0.15) is 28.6 Å². The third kappa shape index (κ3) is 7.34. The molecule has 0 spiro atoms. The van der Waals surface area contributed by atoms with Crippen LogP contribution in [0.5, 0.6) is 5.75 Å². The van der Waals surface area contributed by atoms with Gasteiger partial charge in [-0.15, -0.1) is 0 Å². The van der Waals surface area contributed by atoms with Crippen molar-refractivity contribution in [3.8, 4) is 17.0 Å². The van der Waals surface area contributed by atoms with E-state index in [9.17, 15) is 22.4 Å². The van der Waals surface area contributed by atoms with Gasteiger partial charge >= 0.3 is 6.18 Å². The van der Waals surface area contributed by atoms with Gasteiger partial charge in [-0.05, 0) is 44.2 Å². The number of hydrogen-bond donors (Lipinski definition) is 1. The number of carbonyl (C=O) groups excluding carboxylic acids is 1. The lowest BCUT2D eigenvalue weighted by Gasteiger charge is -2.36. The second kappa shape index (κ2) is 12.4. The molecule has 0 aliphatic carbocycles. The Morgan fingerprint density at radius 3 is 2.49 bits per heavy atom. The fraction of sp³-hybridized carbons (Fsp3) is 0.385. The van der Waals surface area contributed by atoms with E-state index in [-0.39, 0.29) is 22.9 Å². The quantitative estimate of drug-likeness (QED) is 0.245. The highest BCUT2D eigenvalue weighted by Gasteiger charge is 2.30. The van der Waals surface area contributed by atoms with Crippen LogP contribution in [-0.4, -0.2) is 68.0 Å². The highest BCUT2D eigenvalue weighted by Crippen LogP contribution is 2.37. The highest BCUT2D eigenvalue weighted by atomic mass is 35.5. The van der Waals surface area contributed by atoms with Gasteiger partial charge in [-0.3, -0.25) is 9.69 Å². The van der Waals surface area contributed by atoms with E-state index in [4.69, 9.17) is 32.5 Å². The maximum atomic E-state index is 13.6. The van der Waals surface area contributed by atoms with E-state index >= 15 is 0 Å². The van der Waals surface area contributed by atoms with Crippen molar-refractivity contribution in [1.29, 1.82) is 0 Å². The summed E-state index contributed by atoms with van der Waals surface area (Å²) in [4.78, 5) is 17.0. The van der Waals surface area contributed by atoms with Crippen molar-refractivity contribution in [2.75, 3.05) is 50.8 Å². The molecule has 7 nitrogen and oxygen atoms in total. The van der Waals surface area contributed by atoms with Crippen molar-refractivity contribution in [1.82, 2.24) is 15.4 Å². The topological polar surface area (TPSA) is 70.8 Å². The van der Waals surface area contributed by atoms with Crippen molar-refractivity contribution in [3.05, 3.63) is 63.6 Å². The van der Waals surface area contributed by atoms with Crippen LogP contribution in [0, 0.1) is 12.7 Å². The number of aromatic nitrogens is 1. The Morgan fingerprint density at radius 2 is 1.82 bits per heavy atom. The lowest BCUT2D eigenvalue weighted by Crippen LogP contribution is -2.47. The summed E-state index contributed by atoms with van der Waals surface area (Å²) in [5.74, 6) is -0.814. The van der Waals surface area contributed by atoms with Crippen LogP contribution < -0.4 is 15.0 Å². The number of ether oxygens (including phenoxy) is 1. The van der Waals surface area contributed by atoms with E-state index in [1.165, 1.54) is 12.1 Å². The first kappa shape index (κ1) is 29.0. The van der Waals surface area contributed by atoms with Crippen molar-refractivity contribution in [3.63, 3.8) is 0 Å². The average molecular weight is 589 g/mol. The van der Waals surface area contributed by atoms with E-state index in [1.54, 1.807) is 25.1 Å². The first-order valence-electron chi connectivity index (χ1n) is 12.2. The number of piperazine rings is 1. The summed E-state index contributed by atoms with van der Waals surface area (Å²) in [5.41, 5.74) is 1.39. The molecule has 3 aromatic rings.